The minimum atomic E-state index is 0.431. The van der Waals surface area contributed by atoms with Gasteiger partial charge >= 0.3 is 0 Å². The molecule has 0 atom stereocenters. The van der Waals surface area contributed by atoms with E-state index in [1.165, 1.54) is 0 Å². The first-order valence-electron chi connectivity index (χ1n) is 4.70. The number of rotatable bonds is 4. The molecule has 0 spiro atoms. The molecule has 0 saturated heterocycles. The third kappa shape index (κ3) is 7.50. The van der Waals surface area contributed by atoms with E-state index >= 15 is 0 Å². The Labute approximate surface area is 80.9 Å². The molecule has 0 aliphatic heterocycles. The van der Waals surface area contributed by atoms with Crippen molar-refractivity contribution in [3.63, 3.8) is 0 Å². The van der Waals surface area contributed by atoms with Crippen molar-refractivity contribution in [3.8, 4) is 0 Å². The zero-order valence-corrected chi connectivity index (χ0v) is 9.24. The van der Waals surface area contributed by atoms with Gasteiger partial charge < -0.3 is 4.74 Å². The number of nitrogens with zero attached hydrogens (tertiary/aromatic N) is 2. The molecule has 3 heteroatoms. The van der Waals surface area contributed by atoms with Gasteiger partial charge in [-0.05, 0) is 11.8 Å². The summed E-state index contributed by atoms with van der Waals surface area (Å²) in [5.41, 5.74) is 0. The Morgan fingerprint density at radius 1 is 1.31 bits per heavy atom. The van der Waals surface area contributed by atoms with Crippen molar-refractivity contribution < 1.29 is 4.74 Å². The summed E-state index contributed by atoms with van der Waals surface area (Å²) in [4.78, 5) is 0. The molecule has 0 saturated carbocycles. The topological polar surface area (TPSA) is 34.0 Å². The zero-order chi connectivity index (χ0) is 10.3. The molecule has 0 aromatic rings. The van der Waals surface area contributed by atoms with Crippen LogP contribution >= 0.6 is 0 Å². The van der Waals surface area contributed by atoms with Crippen molar-refractivity contribution in [1.82, 2.24) is 0 Å². The van der Waals surface area contributed by atoms with Crippen LogP contribution in [0.1, 0.15) is 34.1 Å². The summed E-state index contributed by atoms with van der Waals surface area (Å²) < 4.78 is 5.08. The van der Waals surface area contributed by atoms with Gasteiger partial charge in [-0.15, -0.1) is 5.10 Å². The van der Waals surface area contributed by atoms with E-state index in [4.69, 9.17) is 4.74 Å². The third-order valence-corrected chi connectivity index (χ3v) is 1.35. The Hall–Kier alpha value is -0.860. The van der Waals surface area contributed by atoms with Crippen LogP contribution in [-0.2, 0) is 4.74 Å². The van der Waals surface area contributed by atoms with Crippen LogP contribution in [0.25, 0.3) is 0 Å². The first-order chi connectivity index (χ1) is 6.06. The van der Waals surface area contributed by atoms with Crippen LogP contribution in [0.3, 0.4) is 0 Å². The molecule has 3 nitrogen and oxygen atoms in total. The second-order valence-electron chi connectivity index (χ2n) is 3.80. The zero-order valence-electron chi connectivity index (χ0n) is 9.24. The second kappa shape index (κ2) is 6.63. The van der Waals surface area contributed by atoms with Crippen molar-refractivity contribution in [2.45, 2.75) is 34.1 Å². The van der Waals surface area contributed by atoms with Crippen molar-refractivity contribution >= 4 is 12.1 Å². The second-order valence-corrected chi connectivity index (χ2v) is 3.80. The number of hydrogen-bond acceptors (Lipinski definition) is 3. The van der Waals surface area contributed by atoms with Gasteiger partial charge in [0.1, 0.15) is 0 Å². The van der Waals surface area contributed by atoms with Gasteiger partial charge in [0.2, 0.25) is 5.90 Å². The van der Waals surface area contributed by atoms with Gasteiger partial charge in [-0.2, -0.15) is 5.10 Å². The van der Waals surface area contributed by atoms with E-state index < -0.39 is 0 Å². The molecule has 0 rings (SSSR count). The van der Waals surface area contributed by atoms with Crippen LogP contribution in [0.15, 0.2) is 10.2 Å². The average Bonchev–Trinajstić information content (AvgIpc) is 2.01. The standard InChI is InChI=1S/C10H20N2O/c1-8(2)6-10(13-5)12-11-7-9(3)4/h7-9H,6H2,1-5H3/b11-7+,12-10-. The maximum Gasteiger partial charge on any atom is 0.208 e. The molecule has 0 aliphatic rings. The molecule has 0 unspecified atom stereocenters. The normalized spacial score (nSPS) is 13.3. The smallest absolute Gasteiger partial charge is 0.208 e. The maximum absolute atomic E-state index is 5.08. The number of methoxy groups -OCH3 is 1. The molecule has 0 fully saturated rings. The third-order valence-electron chi connectivity index (χ3n) is 1.35. The summed E-state index contributed by atoms with van der Waals surface area (Å²) in [6.45, 7) is 8.38. The van der Waals surface area contributed by atoms with E-state index in [1.807, 2.05) is 0 Å². The van der Waals surface area contributed by atoms with Gasteiger partial charge in [0.05, 0.1) is 7.11 Å². The van der Waals surface area contributed by atoms with Crippen molar-refractivity contribution in [2.75, 3.05) is 7.11 Å². The monoisotopic (exact) mass is 184 g/mol. The highest BCUT2D eigenvalue weighted by molar-refractivity contribution is 5.76. The minimum absolute atomic E-state index is 0.431. The summed E-state index contributed by atoms with van der Waals surface area (Å²) in [5.74, 6) is 1.68. The summed E-state index contributed by atoms with van der Waals surface area (Å²) in [5, 5.41) is 7.92. The predicted octanol–water partition coefficient (Wildman–Crippen LogP) is 2.72. The van der Waals surface area contributed by atoms with Crippen LogP contribution in [0.4, 0.5) is 0 Å². The SMILES string of the molecule is CO/C(CC(C)C)=N\N=C\C(C)C. The highest BCUT2D eigenvalue weighted by atomic mass is 16.5. The highest BCUT2D eigenvalue weighted by Gasteiger charge is 2.01. The average molecular weight is 184 g/mol. The largest absolute Gasteiger partial charge is 0.483 e. The molecule has 13 heavy (non-hydrogen) atoms. The van der Waals surface area contributed by atoms with Crippen LogP contribution in [0, 0.1) is 11.8 Å². The quantitative estimate of drug-likeness (QED) is 0.376. The Morgan fingerprint density at radius 3 is 2.31 bits per heavy atom. The van der Waals surface area contributed by atoms with Gasteiger partial charge in [0.25, 0.3) is 0 Å². The first-order valence-corrected chi connectivity index (χ1v) is 4.70. The molecule has 0 aromatic heterocycles. The van der Waals surface area contributed by atoms with E-state index in [0.29, 0.717) is 17.7 Å². The van der Waals surface area contributed by atoms with E-state index in [-0.39, 0.29) is 0 Å². The fourth-order valence-corrected chi connectivity index (χ4v) is 0.745. The molecule has 0 N–H and O–H groups in total. The summed E-state index contributed by atoms with van der Waals surface area (Å²) in [7, 11) is 1.63. The molecular formula is C10H20N2O. The van der Waals surface area contributed by atoms with Gasteiger partial charge in [-0.25, -0.2) is 0 Å². The molecule has 0 bridgehead atoms. The Bertz CT molecular complexity index is 183. The van der Waals surface area contributed by atoms with Crippen molar-refractivity contribution in [1.29, 1.82) is 0 Å². The van der Waals surface area contributed by atoms with Gasteiger partial charge in [0, 0.05) is 12.6 Å². The highest BCUT2D eigenvalue weighted by Crippen LogP contribution is 2.02. The van der Waals surface area contributed by atoms with E-state index in [9.17, 15) is 0 Å². The van der Waals surface area contributed by atoms with E-state index in [0.717, 1.165) is 6.42 Å². The van der Waals surface area contributed by atoms with Crippen molar-refractivity contribution in [2.24, 2.45) is 22.0 Å². The molecule has 0 amide bonds. The summed E-state index contributed by atoms with van der Waals surface area (Å²) in [6.07, 6.45) is 2.64. The van der Waals surface area contributed by atoms with Gasteiger partial charge in [-0.1, -0.05) is 27.7 Å². The molecule has 76 valence electrons. The van der Waals surface area contributed by atoms with Gasteiger partial charge in [0.15, 0.2) is 0 Å². The molecule has 0 radical (unpaired) electrons. The molecule has 0 heterocycles. The van der Waals surface area contributed by atoms with E-state index in [2.05, 4.69) is 37.9 Å². The lowest BCUT2D eigenvalue weighted by atomic mass is 10.1. The summed E-state index contributed by atoms with van der Waals surface area (Å²) in [6, 6.07) is 0. The molecule has 0 aromatic carbocycles. The number of ether oxygens (including phenoxy) is 1. The van der Waals surface area contributed by atoms with E-state index in [1.54, 1.807) is 13.3 Å². The molecular weight excluding hydrogens is 164 g/mol. The lowest BCUT2D eigenvalue weighted by Gasteiger charge is -2.04. The first kappa shape index (κ1) is 12.1. The summed E-state index contributed by atoms with van der Waals surface area (Å²) >= 11 is 0. The minimum Gasteiger partial charge on any atom is -0.483 e. The van der Waals surface area contributed by atoms with Gasteiger partial charge in [-0.3, -0.25) is 0 Å². The number of hydrogen-bond donors (Lipinski definition) is 0. The fourth-order valence-electron chi connectivity index (χ4n) is 0.745. The Balaban J connectivity index is 4.06. The van der Waals surface area contributed by atoms with Crippen LogP contribution in [-0.4, -0.2) is 19.2 Å². The Kier molecular flexibility index (Phi) is 6.20. The lowest BCUT2D eigenvalue weighted by Crippen LogP contribution is -2.05. The van der Waals surface area contributed by atoms with Crippen LogP contribution in [0.5, 0.6) is 0 Å². The van der Waals surface area contributed by atoms with Crippen molar-refractivity contribution in [3.05, 3.63) is 0 Å². The lowest BCUT2D eigenvalue weighted by molar-refractivity contribution is 0.378. The van der Waals surface area contributed by atoms with Crippen LogP contribution < -0.4 is 0 Å². The molecule has 0 aliphatic carbocycles. The fraction of sp³-hybridized carbons (Fsp3) is 0.800. The maximum atomic E-state index is 5.08. The Morgan fingerprint density at radius 2 is 1.92 bits per heavy atom. The predicted molar refractivity (Wildman–Crippen MR) is 57.2 cm³/mol. The van der Waals surface area contributed by atoms with Crippen LogP contribution in [0.2, 0.25) is 0 Å².